The predicted molar refractivity (Wildman–Crippen MR) is 97.0 cm³/mol. The minimum atomic E-state index is -0.542. The topological polar surface area (TPSA) is 55.4 Å². The first kappa shape index (κ1) is 17.9. The molecule has 0 heterocycles. The molecular formula is C20H15ClFNO3. The summed E-state index contributed by atoms with van der Waals surface area (Å²) in [5.41, 5.74) is 1.14. The largest absolute Gasteiger partial charge is 0.453 e. The van der Waals surface area contributed by atoms with Gasteiger partial charge in [0.25, 0.3) is 5.91 Å². The molecule has 0 atom stereocenters. The van der Waals surface area contributed by atoms with Crippen molar-refractivity contribution in [2.24, 2.45) is 0 Å². The second-order valence-corrected chi connectivity index (χ2v) is 6.19. The summed E-state index contributed by atoms with van der Waals surface area (Å²) in [7, 11) is 0. The van der Waals surface area contributed by atoms with Crippen molar-refractivity contribution in [3.63, 3.8) is 0 Å². The summed E-state index contributed by atoms with van der Waals surface area (Å²) in [5.74, 6) is -0.987. The smallest absolute Gasteiger partial charge is 0.259 e. The average molecular weight is 372 g/mol. The predicted octanol–water partition coefficient (Wildman–Crippen LogP) is 4.72. The Balaban J connectivity index is 1.92. The van der Waals surface area contributed by atoms with Crippen molar-refractivity contribution >= 4 is 23.3 Å². The first-order valence-electron chi connectivity index (χ1n) is 7.89. The number of hydrogen-bond acceptors (Lipinski definition) is 3. The van der Waals surface area contributed by atoms with E-state index in [1.807, 2.05) is 0 Å². The number of rotatable bonds is 4. The van der Waals surface area contributed by atoms with Gasteiger partial charge in [-0.1, -0.05) is 29.8 Å². The summed E-state index contributed by atoms with van der Waals surface area (Å²) in [4.78, 5) is 24.1. The molecule has 4 nitrogen and oxygen atoms in total. The van der Waals surface area contributed by atoms with Crippen LogP contribution in [0, 0.1) is 12.7 Å². The van der Waals surface area contributed by atoms with Crippen molar-refractivity contribution in [2.45, 2.75) is 13.3 Å². The van der Waals surface area contributed by atoms with E-state index in [1.165, 1.54) is 30.3 Å². The molecule has 1 aliphatic carbocycles. The molecule has 0 bridgehead atoms. The Kier molecular flexibility index (Phi) is 5.19. The molecule has 6 heteroatoms. The van der Waals surface area contributed by atoms with Crippen LogP contribution in [0.5, 0.6) is 11.5 Å². The number of amides is 1. The standard InChI is InChI=1S/C20H15ClFNO3/c1-12-4-2-7-17(22)19(12)26-18-10-13(21)8-9-16(18)20(25)23-14-5-3-6-15(24)11-14/h2-5,7-11H,6H2,1H3,(H,23,25). The highest BCUT2D eigenvalue weighted by molar-refractivity contribution is 6.30. The third-order valence-corrected chi connectivity index (χ3v) is 3.99. The molecule has 0 unspecified atom stereocenters. The Bertz CT molecular complexity index is 930. The fourth-order valence-electron chi connectivity index (χ4n) is 2.48. The van der Waals surface area contributed by atoms with E-state index in [1.54, 1.807) is 31.2 Å². The number of carbonyl (C=O) groups excluding carboxylic acids is 2. The minimum absolute atomic E-state index is 0.0239. The number of ketones is 1. The molecule has 1 amide bonds. The van der Waals surface area contributed by atoms with Gasteiger partial charge in [0.1, 0.15) is 5.75 Å². The summed E-state index contributed by atoms with van der Waals surface area (Å²) in [6.07, 6.45) is 4.98. The van der Waals surface area contributed by atoms with Crippen LogP contribution in [-0.4, -0.2) is 11.7 Å². The molecule has 0 aromatic heterocycles. The Hall–Kier alpha value is -2.92. The van der Waals surface area contributed by atoms with Crippen LogP contribution in [0.4, 0.5) is 4.39 Å². The third-order valence-electron chi connectivity index (χ3n) is 3.75. The number of carbonyl (C=O) groups is 2. The maximum atomic E-state index is 14.1. The van der Waals surface area contributed by atoms with Gasteiger partial charge in [-0.25, -0.2) is 4.39 Å². The van der Waals surface area contributed by atoms with Crippen molar-refractivity contribution < 1.29 is 18.7 Å². The quantitative estimate of drug-likeness (QED) is 0.845. The maximum absolute atomic E-state index is 14.1. The monoisotopic (exact) mass is 371 g/mol. The highest BCUT2D eigenvalue weighted by atomic mass is 35.5. The van der Waals surface area contributed by atoms with Gasteiger partial charge < -0.3 is 10.1 Å². The van der Waals surface area contributed by atoms with Crippen LogP contribution in [0.2, 0.25) is 5.02 Å². The molecule has 26 heavy (non-hydrogen) atoms. The first-order valence-corrected chi connectivity index (χ1v) is 8.27. The lowest BCUT2D eigenvalue weighted by Gasteiger charge is -2.15. The van der Waals surface area contributed by atoms with E-state index >= 15 is 0 Å². The number of ether oxygens (including phenoxy) is 1. The zero-order chi connectivity index (χ0) is 18.7. The summed E-state index contributed by atoms with van der Waals surface area (Å²) in [5, 5.41) is 2.98. The van der Waals surface area contributed by atoms with Gasteiger partial charge in [-0.3, -0.25) is 9.59 Å². The number of para-hydroxylation sites is 1. The van der Waals surface area contributed by atoms with E-state index in [-0.39, 0.29) is 22.8 Å². The van der Waals surface area contributed by atoms with Crippen molar-refractivity contribution in [3.05, 3.63) is 82.3 Å². The van der Waals surface area contributed by atoms with E-state index in [4.69, 9.17) is 16.3 Å². The lowest BCUT2D eigenvalue weighted by Crippen LogP contribution is -2.24. The van der Waals surface area contributed by atoms with Crippen LogP contribution in [0.3, 0.4) is 0 Å². The maximum Gasteiger partial charge on any atom is 0.259 e. The number of nitrogens with one attached hydrogen (secondary N) is 1. The van der Waals surface area contributed by atoms with Gasteiger partial charge in [0.05, 0.1) is 5.56 Å². The van der Waals surface area contributed by atoms with Gasteiger partial charge in [0.2, 0.25) is 0 Å². The lowest BCUT2D eigenvalue weighted by molar-refractivity contribution is -0.113. The molecule has 0 saturated carbocycles. The van der Waals surface area contributed by atoms with Crippen molar-refractivity contribution in [2.75, 3.05) is 0 Å². The molecule has 0 fully saturated rings. The van der Waals surface area contributed by atoms with Crippen LogP contribution in [-0.2, 0) is 4.79 Å². The van der Waals surface area contributed by atoms with Gasteiger partial charge in [-0.2, -0.15) is 0 Å². The summed E-state index contributed by atoms with van der Waals surface area (Å²) >= 11 is 6.01. The zero-order valence-corrected chi connectivity index (χ0v) is 14.6. The second-order valence-electron chi connectivity index (χ2n) is 5.76. The SMILES string of the molecule is Cc1cccc(F)c1Oc1cc(Cl)ccc1C(=O)NC1=CC(=O)CC=C1. The van der Waals surface area contributed by atoms with Crippen molar-refractivity contribution in [1.82, 2.24) is 5.32 Å². The third kappa shape index (κ3) is 4.00. The molecule has 0 aliphatic heterocycles. The van der Waals surface area contributed by atoms with Crippen molar-refractivity contribution in [1.29, 1.82) is 0 Å². The zero-order valence-electron chi connectivity index (χ0n) is 13.9. The minimum Gasteiger partial charge on any atom is -0.453 e. The highest BCUT2D eigenvalue weighted by Gasteiger charge is 2.18. The molecule has 132 valence electrons. The normalized spacial score (nSPS) is 13.3. The molecule has 2 aromatic carbocycles. The molecule has 0 radical (unpaired) electrons. The summed E-state index contributed by atoms with van der Waals surface area (Å²) < 4.78 is 19.7. The molecule has 0 spiro atoms. The Morgan fingerprint density at radius 2 is 2.08 bits per heavy atom. The van der Waals surface area contributed by atoms with Crippen molar-refractivity contribution in [3.8, 4) is 11.5 Å². The molecule has 1 aliphatic rings. The van der Waals surface area contributed by atoms with E-state index in [2.05, 4.69) is 5.32 Å². The van der Waals surface area contributed by atoms with Gasteiger partial charge in [0, 0.05) is 29.3 Å². The average Bonchev–Trinajstić information content (AvgIpc) is 2.58. The Morgan fingerprint density at radius 3 is 2.81 bits per heavy atom. The van der Waals surface area contributed by atoms with E-state index < -0.39 is 11.7 Å². The fourth-order valence-corrected chi connectivity index (χ4v) is 2.64. The highest BCUT2D eigenvalue weighted by Crippen LogP contribution is 2.32. The number of benzene rings is 2. The van der Waals surface area contributed by atoms with E-state index in [0.29, 0.717) is 22.7 Å². The van der Waals surface area contributed by atoms with Crippen LogP contribution in [0.25, 0.3) is 0 Å². The molecular weight excluding hydrogens is 357 g/mol. The number of hydrogen-bond donors (Lipinski definition) is 1. The van der Waals surface area contributed by atoms with Crippen LogP contribution in [0.1, 0.15) is 22.3 Å². The first-order chi connectivity index (χ1) is 12.4. The van der Waals surface area contributed by atoms with Crippen LogP contribution < -0.4 is 10.1 Å². The fraction of sp³-hybridized carbons (Fsp3) is 0.100. The summed E-state index contributed by atoms with van der Waals surface area (Å²) in [6, 6.07) is 9.01. The van der Waals surface area contributed by atoms with Crippen LogP contribution in [0.15, 0.2) is 60.3 Å². The number of aryl methyl sites for hydroxylation is 1. The Morgan fingerprint density at radius 1 is 1.27 bits per heavy atom. The Labute approximate surface area is 154 Å². The molecule has 1 N–H and O–H groups in total. The van der Waals surface area contributed by atoms with Gasteiger partial charge in [-0.05, 0) is 36.8 Å². The summed E-state index contributed by atoms with van der Waals surface area (Å²) in [6.45, 7) is 1.70. The molecule has 2 aromatic rings. The van der Waals surface area contributed by atoms with Gasteiger partial charge in [-0.15, -0.1) is 0 Å². The lowest BCUT2D eigenvalue weighted by atomic mass is 10.1. The van der Waals surface area contributed by atoms with E-state index in [9.17, 15) is 14.0 Å². The van der Waals surface area contributed by atoms with E-state index in [0.717, 1.165) is 0 Å². The van der Waals surface area contributed by atoms with Crippen LogP contribution >= 0.6 is 11.6 Å². The second kappa shape index (κ2) is 7.54. The number of allylic oxidation sites excluding steroid dienone is 3. The molecule has 3 rings (SSSR count). The van der Waals surface area contributed by atoms with Gasteiger partial charge in [0.15, 0.2) is 17.3 Å². The van der Waals surface area contributed by atoms with Gasteiger partial charge >= 0.3 is 0 Å². The number of halogens is 2. The molecule has 0 saturated heterocycles.